The molecule has 0 atom stereocenters. The van der Waals surface area contributed by atoms with Gasteiger partial charge in [-0.3, -0.25) is 0 Å². The van der Waals surface area contributed by atoms with Crippen LogP contribution >= 0.6 is 0 Å². The summed E-state index contributed by atoms with van der Waals surface area (Å²) in [5.41, 5.74) is 5.21. The molecule has 1 aliphatic rings. The van der Waals surface area contributed by atoms with Gasteiger partial charge in [0.25, 0.3) is 0 Å². The molecule has 0 spiro atoms. The Labute approximate surface area is 144 Å². The highest BCUT2D eigenvalue weighted by Gasteiger charge is 2.31. The highest BCUT2D eigenvalue weighted by atomic mass is 16.5. The molecule has 3 aromatic rings. The normalized spacial score (nSPS) is 12.8. The summed E-state index contributed by atoms with van der Waals surface area (Å²) in [6, 6.07) is 13.1. The number of ether oxygens (including phenoxy) is 1. The molecular weight excluding hydrogens is 314 g/mol. The third-order valence-electron chi connectivity index (χ3n) is 4.85. The number of fused-ring (bicyclic) bond motifs is 2. The summed E-state index contributed by atoms with van der Waals surface area (Å²) in [6.07, 6.45) is 0. The minimum Gasteiger partial charge on any atom is -0.507 e. The number of benzene rings is 3. The standard InChI is InChI=1S/C21H15NO3/c1-11-7-15-16(8-12(11)2)20(23)17-10-25-21(24)19(17)18(15)14-5-3-13(9-22)4-6-14/h3-8,23H,10H2,1-2H3. The number of carbonyl (C=O) groups is 1. The summed E-state index contributed by atoms with van der Waals surface area (Å²) in [7, 11) is 0. The Morgan fingerprint density at radius 2 is 1.68 bits per heavy atom. The van der Waals surface area contributed by atoms with Crippen LogP contribution in [-0.2, 0) is 11.3 Å². The molecule has 0 amide bonds. The first-order chi connectivity index (χ1) is 12.0. The fourth-order valence-electron chi connectivity index (χ4n) is 3.37. The molecule has 122 valence electrons. The van der Waals surface area contributed by atoms with E-state index in [2.05, 4.69) is 6.07 Å². The molecule has 0 saturated heterocycles. The molecule has 25 heavy (non-hydrogen) atoms. The summed E-state index contributed by atoms with van der Waals surface area (Å²) >= 11 is 0. The first kappa shape index (κ1) is 15.2. The lowest BCUT2D eigenvalue weighted by atomic mass is 9.88. The topological polar surface area (TPSA) is 70.3 Å². The zero-order valence-corrected chi connectivity index (χ0v) is 13.9. The molecule has 1 aliphatic heterocycles. The van der Waals surface area contributed by atoms with Crippen LogP contribution in [-0.4, -0.2) is 11.1 Å². The van der Waals surface area contributed by atoms with E-state index < -0.39 is 5.97 Å². The second kappa shape index (κ2) is 5.35. The molecule has 3 aromatic carbocycles. The lowest BCUT2D eigenvalue weighted by molar-refractivity contribution is 0.0535. The summed E-state index contributed by atoms with van der Waals surface area (Å²) in [5, 5.41) is 21.2. The molecule has 0 radical (unpaired) electrons. The lowest BCUT2D eigenvalue weighted by Gasteiger charge is -2.15. The summed E-state index contributed by atoms with van der Waals surface area (Å²) in [5.74, 6) is -0.318. The van der Waals surface area contributed by atoms with Crippen LogP contribution in [0.3, 0.4) is 0 Å². The number of esters is 1. The number of hydrogen-bond donors (Lipinski definition) is 1. The van der Waals surface area contributed by atoms with Crippen molar-refractivity contribution in [3.8, 4) is 22.9 Å². The zero-order chi connectivity index (χ0) is 17.7. The Morgan fingerprint density at radius 3 is 2.32 bits per heavy atom. The Kier molecular flexibility index (Phi) is 3.26. The predicted molar refractivity (Wildman–Crippen MR) is 94.4 cm³/mol. The smallest absolute Gasteiger partial charge is 0.339 e. The van der Waals surface area contributed by atoms with Crippen LogP contribution in [0, 0.1) is 25.2 Å². The third-order valence-corrected chi connectivity index (χ3v) is 4.85. The highest BCUT2D eigenvalue weighted by Crippen LogP contribution is 2.44. The van der Waals surface area contributed by atoms with Crippen molar-refractivity contribution in [1.82, 2.24) is 0 Å². The maximum absolute atomic E-state index is 12.3. The van der Waals surface area contributed by atoms with Gasteiger partial charge < -0.3 is 9.84 Å². The van der Waals surface area contributed by atoms with Crippen molar-refractivity contribution in [3.05, 3.63) is 64.2 Å². The molecule has 0 aromatic heterocycles. The second-order valence-corrected chi connectivity index (χ2v) is 6.32. The van der Waals surface area contributed by atoms with Gasteiger partial charge >= 0.3 is 5.97 Å². The Morgan fingerprint density at radius 1 is 1.04 bits per heavy atom. The molecule has 0 fully saturated rings. The van der Waals surface area contributed by atoms with Gasteiger partial charge in [-0.25, -0.2) is 4.79 Å². The van der Waals surface area contributed by atoms with Gasteiger partial charge in [0.05, 0.1) is 17.2 Å². The van der Waals surface area contributed by atoms with Crippen LogP contribution in [0.4, 0.5) is 0 Å². The maximum Gasteiger partial charge on any atom is 0.339 e. The molecule has 1 heterocycles. The predicted octanol–water partition coefficient (Wildman–Crippen LogP) is 4.37. The summed E-state index contributed by atoms with van der Waals surface area (Å²) < 4.78 is 5.19. The van der Waals surface area contributed by atoms with Crippen LogP contribution in [0.5, 0.6) is 5.75 Å². The molecule has 4 heteroatoms. The third kappa shape index (κ3) is 2.17. The Balaban J connectivity index is 2.16. The van der Waals surface area contributed by atoms with Crippen molar-refractivity contribution in [2.24, 2.45) is 0 Å². The molecule has 4 nitrogen and oxygen atoms in total. The van der Waals surface area contributed by atoms with Gasteiger partial charge in [-0.1, -0.05) is 18.2 Å². The summed E-state index contributed by atoms with van der Waals surface area (Å²) in [4.78, 5) is 12.3. The minimum absolute atomic E-state index is 0.0755. The van der Waals surface area contributed by atoms with E-state index in [1.54, 1.807) is 12.1 Å². The van der Waals surface area contributed by atoms with Crippen molar-refractivity contribution in [1.29, 1.82) is 5.26 Å². The molecule has 1 N–H and O–H groups in total. The fraction of sp³-hybridized carbons (Fsp3) is 0.143. The Hall–Kier alpha value is -3.32. The zero-order valence-electron chi connectivity index (χ0n) is 13.9. The van der Waals surface area contributed by atoms with Crippen LogP contribution in [0.1, 0.15) is 32.6 Å². The van der Waals surface area contributed by atoms with Crippen molar-refractivity contribution in [2.45, 2.75) is 20.5 Å². The van der Waals surface area contributed by atoms with Crippen molar-refractivity contribution >= 4 is 16.7 Å². The van der Waals surface area contributed by atoms with Crippen molar-refractivity contribution < 1.29 is 14.6 Å². The lowest BCUT2D eigenvalue weighted by Crippen LogP contribution is -2.00. The van der Waals surface area contributed by atoms with Gasteiger partial charge in [0.15, 0.2) is 0 Å². The molecule has 4 rings (SSSR count). The number of phenolic OH excluding ortho intramolecular Hbond substituents is 1. The van der Waals surface area contributed by atoms with E-state index in [1.165, 1.54) is 0 Å². The summed E-state index contributed by atoms with van der Waals surface area (Å²) in [6.45, 7) is 4.07. The van der Waals surface area contributed by atoms with Gasteiger partial charge in [0.2, 0.25) is 0 Å². The van der Waals surface area contributed by atoms with Crippen LogP contribution in [0.25, 0.3) is 21.9 Å². The number of phenols is 1. The van der Waals surface area contributed by atoms with Gasteiger partial charge in [0, 0.05) is 16.5 Å². The molecule has 0 bridgehead atoms. The fourth-order valence-corrected chi connectivity index (χ4v) is 3.37. The molecule has 0 aliphatic carbocycles. The first-order valence-corrected chi connectivity index (χ1v) is 7.97. The molecule has 0 saturated carbocycles. The van der Waals surface area contributed by atoms with E-state index in [1.807, 2.05) is 38.1 Å². The van der Waals surface area contributed by atoms with Crippen LogP contribution in [0.2, 0.25) is 0 Å². The number of carbonyl (C=O) groups excluding carboxylic acids is 1. The van der Waals surface area contributed by atoms with Gasteiger partial charge in [-0.05, 0) is 54.1 Å². The number of aryl methyl sites for hydroxylation is 2. The number of aromatic hydroxyl groups is 1. The average molecular weight is 329 g/mol. The Bertz CT molecular complexity index is 1090. The molecular formula is C21H15NO3. The van der Waals surface area contributed by atoms with E-state index in [0.717, 1.165) is 27.6 Å². The van der Waals surface area contributed by atoms with Crippen molar-refractivity contribution in [3.63, 3.8) is 0 Å². The minimum atomic E-state index is -0.426. The van der Waals surface area contributed by atoms with Gasteiger partial charge in [0.1, 0.15) is 12.4 Å². The number of hydrogen-bond acceptors (Lipinski definition) is 4. The van der Waals surface area contributed by atoms with Crippen molar-refractivity contribution in [2.75, 3.05) is 0 Å². The first-order valence-electron chi connectivity index (χ1n) is 7.97. The van der Waals surface area contributed by atoms with E-state index in [-0.39, 0.29) is 12.4 Å². The monoisotopic (exact) mass is 329 g/mol. The van der Waals surface area contributed by atoms with E-state index in [0.29, 0.717) is 22.1 Å². The second-order valence-electron chi connectivity index (χ2n) is 6.32. The SMILES string of the molecule is Cc1cc2c(O)c3c(c(-c4ccc(C#N)cc4)c2cc1C)C(=O)OC3. The number of cyclic esters (lactones) is 1. The highest BCUT2D eigenvalue weighted by molar-refractivity contribution is 6.13. The number of rotatable bonds is 1. The number of nitriles is 1. The number of nitrogens with zero attached hydrogens (tertiary/aromatic N) is 1. The van der Waals surface area contributed by atoms with E-state index >= 15 is 0 Å². The van der Waals surface area contributed by atoms with E-state index in [4.69, 9.17) is 10.00 Å². The molecule has 0 unspecified atom stereocenters. The van der Waals surface area contributed by atoms with Gasteiger partial charge in [-0.15, -0.1) is 0 Å². The largest absolute Gasteiger partial charge is 0.507 e. The van der Waals surface area contributed by atoms with Crippen LogP contribution < -0.4 is 0 Å². The maximum atomic E-state index is 12.3. The average Bonchev–Trinajstić information content (AvgIpc) is 3.00. The van der Waals surface area contributed by atoms with Gasteiger partial charge in [-0.2, -0.15) is 5.26 Å². The van der Waals surface area contributed by atoms with Crippen LogP contribution in [0.15, 0.2) is 36.4 Å². The quantitative estimate of drug-likeness (QED) is 0.673. The van der Waals surface area contributed by atoms with E-state index in [9.17, 15) is 9.90 Å².